The van der Waals surface area contributed by atoms with Gasteiger partial charge in [0.1, 0.15) is 5.56 Å². The molecule has 1 rings (SSSR count). The Labute approximate surface area is 90.7 Å². The highest BCUT2D eigenvalue weighted by Gasteiger charge is 2.12. The second-order valence-electron chi connectivity index (χ2n) is 2.66. The molecule has 76 valence electrons. The number of hydrogen-bond acceptors (Lipinski definition) is 2. The third kappa shape index (κ3) is 2.27. The van der Waals surface area contributed by atoms with Gasteiger partial charge in [-0.3, -0.25) is 4.68 Å². The molecule has 0 fully saturated rings. The maximum Gasteiger partial charge on any atom is 0.339 e. The molecule has 1 N–H and O–H groups in total. The molecule has 0 aliphatic heterocycles. The van der Waals surface area contributed by atoms with E-state index in [-0.39, 0.29) is 12.1 Å². The lowest BCUT2D eigenvalue weighted by Crippen LogP contribution is -2.04. The topological polar surface area (TPSA) is 55.1 Å². The average Bonchev–Trinajstić information content (AvgIpc) is 2.48. The van der Waals surface area contributed by atoms with Crippen LogP contribution in [0.1, 0.15) is 16.1 Å². The first-order valence-corrected chi connectivity index (χ1v) is 4.58. The fourth-order valence-corrected chi connectivity index (χ4v) is 1.18. The lowest BCUT2D eigenvalue weighted by molar-refractivity contribution is 0.0696. The highest BCUT2D eigenvalue weighted by Crippen LogP contribution is 2.12. The zero-order valence-electron chi connectivity index (χ0n) is 7.37. The quantitative estimate of drug-likeness (QED) is 0.873. The van der Waals surface area contributed by atoms with Crippen LogP contribution in [0.5, 0.6) is 0 Å². The van der Waals surface area contributed by atoms with Crippen molar-refractivity contribution in [1.29, 1.82) is 0 Å². The number of carboxylic acids is 1. The third-order valence-corrected chi connectivity index (χ3v) is 2.36. The summed E-state index contributed by atoms with van der Waals surface area (Å²) in [4.78, 5) is 10.7. The fourth-order valence-electron chi connectivity index (χ4n) is 0.993. The molecule has 0 aromatic carbocycles. The first-order valence-electron chi connectivity index (χ1n) is 3.76. The first kappa shape index (κ1) is 11.1. The van der Waals surface area contributed by atoms with E-state index >= 15 is 0 Å². The van der Waals surface area contributed by atoms with E-state index in [1.54, 1.807) is 6.92 Å². The Hall–Kier alpha value is -1.00. The third-order valence-electron chi connectivity index (χ3n) is 1.75. The highest BCUT2D eigenvalue weighted by atomic mass is 35.5. The van der Waals surface area contributed by atoms with Crippen LogP contribution < -0.4 is 0 Å². The molecule has 0 radical (unpaired) electrons. The molecule has 0 unspecified atom stereocenters. The van der Waals surface area contributed by atoms with Crippen molar-refractivity contribution < 1.29 is 9.90 Å². The number of aromatic carboxylic acids is 1. The van der Waals surface area contributed by atoms with Crippen LogP contribution in [0.4, 0.5) is 0 Å². The standard InChI is InChI=1S/C8H8Cl2N2O2/c1-5-7(8(13)14)3-11-12(5)4-6(10)2-9/h2-3H,4H2,1H3,(H,13,14). The summed E-state index contributed by atoms with van der Waals surface area (Å²) in [6.07, 6.45) is 1.29. The SMILES string of the molecule is Cc1c(C(=O)O)cnn1CC(Cl)=CCl. The van der Waals surface area contributed by atoms with E-state index in [9.17, 15) is 4.79 Å². The maximum atomic E-state index is 10.7. The lowest BCUT2D eigenvalue weighted by Gasteiger charge is -2.02. The van der Waals surface area contributed by atoms with Crippen molar-refractivity contribution in [2.45, 2.75) is 13.5 Å². The van der Waals surface area contributed by atoms with E-state index in [2.05, 4.69) is 5.10 Å². The van der Waals surface area contributed by atoms with Crippen LogP contribution in [0.25, 0.3) is 0 Å². The maximum absolute atomic E-state index is 10.7. The van der Waals surface area contributed by atoms with Gasteiger partial charge in [-0.15, -0.1) is 0 Å². The summed E-state index contributed by atoms with van der Waals surface area (Å²) in [5, 5.41) is 13.0. The van der Waals surface area contributed by atoms with E-state index in [4.69, 9.17) is 28.3 Å². The molecule has 0 spiro atoms. The Balaban J connectivity index is 2.96. The fraction of sp³-hybridized carbons (Fsp3) is 0.250. The Morgan fingerprint density at radius 3 is 2.86 bits per heavy atom. The molecular formula is C8H8Cl2N2O2. The van der Waals surface area contributed by atoms with Crippen LogP contribution in [0, 0.1) is 6.92 Å². The van der Waals surface area contributed by atoms with Crippen molar-refractivity contribution in [2.24, 2.45) is 0 Å². The number of aromatic nitrogens is 2. The van der Waals surface area contributed by atoms with Gasteiger partial charge >= 0.3 is 5.97 Å². The molecule has 0 aliphatic rings. The van der Waals surface area contributed by atoms with Gasteiger partial charge in [-0.1, -0.05) is 23.2 Å². The number of allylic oxidation sites excluding steroid dienone is 1. The number of carboxylic acid groups (broad SMARTS) is 1. The van der Waals surface area contributed by atoms with Gasteiger partial charge in [0.25, 0.3) is 0 Å². The molecule has 0 amide bonds. The second-order valence-corrected chi connectivity index (χ2v) is 3.37. The minimum atomic E-state index is -1.00. The molecule has 0 bridgehead atoms. The van der Waals surface area contributed by atoms with E-state index in [1.807, 2.05) is 0 Å². The predicted octanol–water partition coefficient (Wildman–Crippen LogP) is 2.21. The van der Waals surface area contributed by atoms with E-state index in [1.165, 1.54) is 16.4 Å². The zero-order chi connectivity index (χ0) is 10.7. The lowest BCUT2D eigenvalue weighted by atomic mass is 10.3. The van der Waals surface area contributed by atoms with Crippen molar-refractivity contribution in [3.8, 4) is 0 Å². The van der Waals surface area contributed by atoms with Crippen molar-refractivity contribution in [1.82, 2.24) is 9.78 Å². The van der Waals surface area contributed by atoms with Gasteiger partial charge in [0.2, 0.25) is 0 Å². The summed E-state index contributed by atoms with van der Waals surface area (Å²) in [6, 6.07) is 0. The smallest absolute Gasteiger partial charge is 0.339 e. The summed E-state index contributed by atoms with van der Waals surface area (Å²) >= 11 is 11.1. The van der Waals surface area contributed by atoms with Gasteiger partial charge in [-0.05, 0) is 6.92 Å². The number of rotatable bonds is 3. The molecule has 0 aliphatic carbocycles. The highest BCUT2D eigenvalue weighted by molar-refractivity contribution is 6.36. The van der Waals surface area contributed by atoms with Crippen molar-refractivity contribution in [3.63, 3.8) is 0 Å². The molecule has 1 heterocycles. The van der Waals surface area contributed by atoms with E-state index in [0.29, 0.717) is 10.7 Å². The largest absolute Gasteiger partial charge is 0.478 e. The monoisotopic (exact) mass is 234 g/mol. The van der Waals surface area contributed by atoms with Crippen molar-refractivity contribution in [2.75, 3.05) is 0 Å². The predicted molar refractivity (Wildman–Crippen MR) is 53.7 cm³/mol. The summed E-state index contributed by atoms with van der Waals surface area (Å²) in [5.74, 6) is -1.00. The molecular weight excluding hydrogens is 227 g/mol. The van der Waals surface area contributed by atoms with Gasteiger partial charge < -0.3 is 5.11 Å². The summed E-state index contributed by atoms with van der Waals surface area (Å²) in [6.45, 7) is 1.94. The van der Waals surface area contributed by atoms with Gasteiger partial charge in [0, 0.05) is 5.54 Å². The summed E-state index contributed by atoms with van der Waals surface area (Å²) < 4.78 is 1.48. The second kappa shape index (κ2) is 4.48. The van der Waals surface area contributed by atoms with Crippen LogP contribution in [0.2, 0.25) is 0 Å². The van der Waals surface area contributed by atoms with E-state index < -0.39 is 5.97 Å². The van der Waals surface area contributed by atoms with Crippen LogP contribution in [0.3, 0.4) is 0 Å². The van der Waals surface area contributed by atoms with Crippen LogP contribution in [0.15, 0.2) is 16.8 Å². The number of hydrogen-bond donors (Lipinski definition) is 1. The molecule has 0 atom stereocenters. The van der Waals surface area contributed by atoms with Crippen LogP contribution in [-0.4, -0.2) is 20.9 Å². The van der Waals surface area contributed by atoms with Gasteiger partial charge in [0.05, 0.1) is 23.5 Å². The molecule has 1 aromatic heterocycles. The summed E-state index contributed by atoms with van der Waals surface area (Å²) in [7, 11) is 0. The Kier molecular flexibility index (Phi) is 3.55. The van der Waals surface area contributed by atoms with Crippen molar-refractivity contribution >= 4 is 29.2 Å². The van der Waals surface area contributed by atoms with E-state index in [0.717, 1.165) is 0 Å². The normalized spacial score (nSPS) is 11.8. The molecule has 0 saturated carbocycles. The Bertz CT molecular complexity index is 385. The zero-order valence-corrected chi connectivity index (χ0v) is 8.88. The average molecular weight is 235 g/mol. The number of halogens is 2. The molecule has 6 heteroatoms. The summed E-state index contributed by atoms with van der Waals surface area (Å²) in [5.41, 5.74) is 1.95. The first-order chi connectivity index (χ1) is 6.56. The minimum absolute atomic E-state index is 0.170. The van der Waals surface area contributed by atoms with Gasteiger partial charge in [-0.2, -0.15) is 5.10 Å². The van der Waals surface area contributed by atoms with Gasteiger partial charge in [0.15, 0.2) is 0 Å². The van der Waals surface area contributed by atoms with Crippen LogP contribution in [-0.2, 0) is 6.54 Å². The minimum Gasteiger partial charge on any atom is -0.478 e. The Morgan fingerprint density at radius 2 is 2.43 bits per heavy atom. The Morgan fingerprint density at radius 1 is 1.79 bits per heavy atom. The molecule has 4 nitrogen and oxygen atoms in total. The molecule has 14 heavy (non-hydrogen) atoms. The number of nitrogens with zero attached hydrogens (tertiary/aromatic N) is 2. The van der Waals surface area contributed by atoms with Crippen LogP contribution >= 0.6 is 23.2 Å². The number of carbonyl (C=O) groups is 1. The molecule has 1 aromatic rings. The molecule has 0 saturated heterocycles. The van der Waals surface area contributed by atoms with Gasteiger partial charge in [-0.25, -0.2) is 4.79 Å². The van der Waals surface area contributed by atoms with Crippen molar-refractivity contribution in [3.05, 3.63) is 28.0 Å².